The standard InChI is InChI=1S/C22H28N2O6S/c1-4-11-23(12-5-2)19(25)14-24-21(27)18(31-22(24)28)13-16-9-7-8-10-17(16)30-15-20(26)29-6-3/h7-10,13H,4-6,11-12,14-15H2,1-3H3/b18-13-. The summed E-state index contributed by atoms with van der Waals surface area (Å²) in [6.07, 6.45) is 3.14. The van der Waals surface area contributed by atoms with Gasteiger partial charge in [-0.05, 0) is 43.7 Å². The molecule has 0 aliphatic carbocycles. The van der Waals surface area contributed by atoms with Crippen molar-refractivity contribution in [2.75, 3.05) is 32.8 Å². The molecule has 1 aliphatic rings. The molecular weight excluding hydrogens is 420 g/mol. The van der Waals surface area contributed by atoms with Crippen LogP contribution in [-0.4, -0.2) is 65.7 Å². The lowest BCUT2D eigenvalue weighted by atomic mass is 10.2. The fourth-order valence-corrected chi connectivity index (χ4v) is 3.81. The number of carbonyl (C=O) groups is 4. The molecule has 9 heteroatoms. The van der Waals surface area contributed by atoms with Crippen LogP contribution in [0, 0.1) is 0 Å². The fraction of sp³-hybridized carbons (Fsp3) is 0.455. The number of imide groups is 1. The molecule has 0 aromatic heterocycles. The highest BCUT2D eigenvalue weighted by molar-refractivity contribution is 8.18. The predicted molar refractivity (Wildman–Crippen MR) is 118 cm³/mol. The molecule has 3 amide bonds. The molecular formula is C22H28N2O6S. The molecule has 0 atom stereocenters. The van der Waals surface area contributed by atoms with Crippen LogP contribution in [0.4, 0.5) is 4.79 Å². The number of hydrogen-bond donors (Lipinski definition) is 0. The summed E-state index contributed by atoms with van der Waals surface area (Å²) in [7, 11) is 0. The SMILES string of the molecule is CCCN(CCC)C(=O)CN1C(=O)S/C(=C\c2ccccc2OCC(=O)OCC)C1=O. The van der Waals surface area contributed by atoms with Gasteiger partial charge in [0, 0.05) is 18.7 Å². The largest absolute Gasteiger partial charge is 0.481 e. The molecule has 1 aliphatic heterocycles. The molecule has 8 nitrogen and oxygen atoms in total. The van der Waals surface area contributed by atoms with Crippen molar-refractivity contribution in [1.82, 2.24) is 9.80 Å². The highest BCUT2D eigenvalue weighted by Gasteiger charge is 2.37. The number of esters is 1. The van der Waals surface area contributed by atoms with E-state index in [0.29, 0.717) is 24.4 Å². The number of nitrogens with zero attached hydrogens (tertiary/aromatic N) is 2. The predicted octanol–water partition coefficient (Wildman–Crippen LogP) is 3.31. The minimum Gasteiger partial charge on any atom is -0.481 e. The maximum atomic E-state index is 12.8. The van der Waals surface area contributed by atoms with Crippen molar-refractivity contribution in [2.24, 2.45) is 0 Å². The molecule has 0 N–H and O–H groups in total. The van der Waals surface area contributed by atoms with E-state index >= 15 is 0 Å². The van der Waals surface area contributed by atoms with Gasteiger partial charge in [0.2, 0.25) is 5.91 Å². The monoisotopic (exact) mass is 448 g/mol. The summed E-state index contributed by atoms with van der Waals surface area (Å²) in [4.78, 5) is 52.2. The lowest BCUT2D eigenvalue weighted by Gasteiger charge is -2.23. The topological polar surface area (TPSA) is 93.2 Å². The van der Waals surface area contributed by atoms with Crippen LogP contribution >= 0.6 is 11.8 Å². The van der Waals surface area contributed by atoms with Crippen molar-refractivity contribution in [1.29, 1.82) is 0 Å². The van der Waals surface area contributed by atoms with E-state index < -0.39 is 17.1 Å². The zero-order valence-corrected chi connectivity index (χ0v) is 18.9. The number of ether oxygens (including phenoxy) is 2. The van der Waals surface area contributed by atoms with Gasteiger partial charge < -0.3 is 14.4 Å². The van der Waals surface area contributed by atoms with Crippen molar-refractivity contribution in [3.8, 4) is 5.75 Å². The number of thioether (sulfide) groups is 1. The molecule has 31 heavy (non-hydrogen) atoms. The first kappa shape index (κ1) is 24.5. The Morgan fingerprint density at radius 3 is 2.42 bits per heavy atom. The van der Waals surface area contributed by atoms with Crippen LogP contribution in [-0.2, 0) is 19.1 Å². The number of rotatable bonds is 11. The minimum absolute atomic E-state index is 0.197. The van der Waals surface area contributed by atoms with E-state index in [1.54, 1.807) is 36.1 Å². The van der Waals surface area contributed by atoms with Crippen LogP contribution in [0.5, 0.6) is 5.75 Å². The Labute approximate surface area is 186 Å². The Balaban J connectivity index is 2.13. The van der Waals surface area contributed by atoms with Crippen LogP contribution < -0.4 is 4.74 Å². The van der Waals surface area contributed by atoms with Crippen LogP contribution in [0.2, 0.25) is 0 Å². The summed E-state index contributed by atoms with van der Waals surface area (Å²) in [5, 5.41) is -0.484. The van der Waals surface area contributed by atoms with Crippen LogP contribution in [0.1, 0.15) is 39.2 Å². The Bertz CT molecular complexity index is 848. The van der Waals surface area contributed by atoms with Gasteiger partial charge in [-0.3, -0.25) is 19.3 Å². The number of hydrogen-bond acceptors (Lipinski definition) is 7. The molecule has 1 aromatic carbocycles. The van der Waals surface area contributed by atoms with Gasteiger partial charge in [0.15, 0.2) is 6.61 Å². The Morgan fingerprint density at radius 2 is 1.77 bits per heavy atom. The van der Waals surface area contributed by atoms with Gasteiger partial charge in [-0.1, -0.05) is 32.0 Å². The fourth-order valence-electron chi connectivity index (χ4n) is 2.98. The molecule has 0 radical (unpaired) electrons. The van der Waals surface area contributed by atoms with Gasteiger partial charge in [-0.2, -0.15) is 0 Å². The summed E-state index contributed by atoms with van der Waals surface area (Å²) in [6.45, 7) is 6.54. The third kappa shape index (κ3) is 6.85. The van der Waals surface area contributed by atoms with E-state index in [4.69, 9.17) is 9.47 Å². The lowest BCUT2D eigenvalue weighted by Crippen LogP contribution is -2.42. The van der Waals surface area contributed by atoms with Crippen molar-refractivity contribution < 1.29 is 28.7 Å². The zero-order valence-electron chi connectivity index (χ0n) is 18.1. The number of benzene rings is 1. The average Bonchev–Trinajstić information content (AvgIpc) is 3.00. The molecule has 1 heterocycles. The highest BCUT2D eigenvalue weighted by Crippen LogP contribution is 2.34. The Hall–Kier alpha value is -2.81. The molecule has 0 bridgehead atoms. The maximum Gasteiger partial charge on any atom is 0.344 e. The summed E-state index contributed by atoms with van der Waals surface area (Å²) >= 11 is 0.779. The number of carbonyl (C=O) groups excluding carboxylic acids is 4. The third-order valence-corrected chi connectivity index (χ3v) is 5.27. The van der Waals surface area contributed by atoms with Crippen molar-refractivity contribution in [3.63, 3.8) is 0 Å². The van der Waals surface area contributed by atoms with E-state index in [9.17, 15) is 19.2 Å². The summed E-state index contributed by atoms with van der Waals surface area (Å²) in [5.74, 6) is -0.878. The van der Waals surface area contributed by atoms with Gasteiger partial charge in [0.05, 0.1) is 11.5 Å². The molecule has 1 aromatic rings. The molecule has 168 valence electrons. The minimum atomic E-state index is -0.517. The van der Waals surface area contributed by atoms with E-state index in [2.05, 4.69) is 0 Å². The van der Waals surface area contributed by atoms with Crippen molar-refractivity contribution in [2.45, 2.75) is 33.6 Å². The second-order valence-electron chi connectivity index (χ2n) is 6.78. The van der Waals surface area contributed by atoms with Crippen LogP contribution in [0.3, 0.4) is 0 Å². The van der Waals surface area contributed by atoms with E-state index in [1.807, 2.05) is 13.8 Å². The smallest absolute Gasteiger partial charge is 0.344 e. The van der Waals surface area contributed by atoms with E-state index in [1.165, 1.54) is 6.08 Å². The quantitative estimate of drug-likeness (QED) is 0.379. The van der Waals surface area contributed by atoms with Gasteiger partial charge in [0.1, 0.15) is 12.3 Å². The Kier molecular flexibility index (Phi) is 9.58. The number of para-hydroxylation sites is 1. The molecule has 1 fully saturated rings. The summed E-state index contributed by atoms with van der Waals surface area (Å²) < 4.78 is 10.3. The molecule has 2 rings (SSSR count). The Morgan fingerprint density at radius 1 is 1.10 bits per heavy atom. The van der Waals surface area contributed by atoms with Gasteiger partial charge in [-0.25, -0.2) is 4.79 Å². The van der Waals surface area contributed by atoms with Gasteiger partial charge in [-0.15, -0.1) is 0 Å². The van der Waals surface area contributed by atoms with Crippen LogP contribution in [0.15, 0.2) is 29.2 Å². The van der Waals surface area contributed by atoms with Gasteiger partial charge in [0.25, 0.3) is 11.1 Å². The summed E-state index contributed by atoms with van der Waals surface area (Å²) in [6, 6.07) is 6.86. The highest BCUT2D eigenvalue weighted by atomic mass is 32.2. The number of amides is 3. The van der Waals surface area contributed by atoms with Crippen molar-refractivity contribution >= 4 is 40.9 Å². The molecule has 0 saturated carbocycles. The zero-order chi connectivity index (χ0) is 22.8. The lowest BCUT2D eigenvalue weighted by molar-refractivity contribution is -0.145. The maximum absolute atomic E-state index is 12.8. The van der Waals surface area contributed by atoms with E-state index in [-0.39, 0.29) is 30.6 Å². The molecule has 0 spiro atoms. The summed E-state index contributed by atoms with van der Waals surface area (Å²) in [5.41, 5.74) is 0.544. The third-order valence-electron chi connectivity index (χ3n) is 4.36. The average molecular weight is 449 g/mol. The molecule has 0 unspecified atom stereocenters. The second kappa shape index (κ2) is 12.1. The van der Waals surface area contributed by atoms with Crippen molar-refractivity contribution in [3.05, 3.63) is 34.7 Å². The normalized spacial score (nSPS) is 14.8. The first-order valence-electron chi connectivity index (χ1n) is 10.3. The van der Waals surface area contributed by atoms with Crippen LogP contribution in [0.25, 0.3) is 6.08 Å². The van der Waals surface area contributed by atoms with E-state index in [0.717, 1.165) is 29.5 Å². The molecule has 1 saturated heterocycles. The first-order chi connectivity index (χ1) is 14.9. The first-order valence-corrected chi connectivity index (χ1v) is 11.1. The second-order valence-corrected chi connectivity index (χ2v) is 7.77. The van der Waals surface area contributed by atoms with Gasteiger partial charge >= 0.3 is 5.97 Å².